The second kappa shape index (κ2) is 13.5. The van der Waals surface area contributed by atoms with Gasteiger partial charge in [-0.3, -0.25) is 9.59 Å². The molecule has 2 amide bonds. The SMILES string of the molecule is Cc1csc([C@H]2CCCN2C(=O)c2cc(C(=O)N[C@H](Cc3ccccc3)[C@H](O)[C@@H]3CCCN3)cc(N3CCC(F)(F)CC3)c2)n1. The van der Waals surface area contributed by atoms with E-state index >= 15 is 0 Å². The number of thiazole rings is 1. The van der Waals surface area contributed by atoms with E-state index in [-0.39, 0.29) is 49.5 Å². The molecule has 0 radical (unpaired) electrons. The number of carbonyl (C=O) groups excluding carboxylic acids is 2. The minimum atomic E-state index is -2.73. The van der Waals surface area contributed by atoms with Crippen LogP contribution in [0.5, 0.6) is 0 Å². The number of hydrogen-bond acceptors (Lipinski definition) is 7. The molecule has 3 N–H and O–H groups in total. The van der Waals surface area contributed by atoms with E-state index in [0.29, 0.717) is 24.2 Å². The van der Waals surface area contributed by atoms with E-state index in [9.17, 15) is 23.5 Å². The molecule has 45 heavy (non-hydrogen) atoms. The predicted octanol–water partition coefficient (Wildman–Crippen LogP) is 5.12. The third kappa shape index (κ3) is 7.37. The van der Waals surface area contributed by atoms with Crippen molar-refractivity contribution >= 4 is 28.8 Å². The van der Waals surface area contributed by atoms with Crippen LogP contribution in [-0.2, 0) is 6.42 Å². The van der Waals surface area contributed by atoms with Gasteiger partial charge in [0, 0.05) is 66.4 Å². The number of nitrogens with one attached hydrogen (secondary N) is 2. The highest BCUT2D eigenvalue weighted by Crippen LogP contribution is 2.36. The molecule has 240 valence electrons. The molecule has 0 aliphatic carbocycles. The molecule has 3 fully saturated rings. The largest absolute Gasteiger partial charge is 0.389 e. The molecule has 3 aromatic rings. The first kappa shape index (κ1) is 31.6. The van der Waals surface area contributed by atoms with Gasteiger partial charge in [-0.15, -0.1) is 11.3 Å². The van der Waals surface area contributed by atoms with Crippen molar-refractivity contribution in [1.82, 2.24) is 20.5 Å². The van der Waals surface area contributed by atoms with Crippen molar-refractivity contribution in [2.75, 3.05) is 31.1 Å². The van der Waals surface area contributed by atoms with Gasteiger partial charge in [-0.25, -0.2) is 13.8 Å². The average molecular weight is 638 g/mol. The Morgan fingerprint density at radius 3 is 2.53 bits per heavy atom. The fourth-order valence-corrected chi connectivity index (χ4v) is 7.70. The van der Waals surface area contributed by atoms with Crippen LogP contribution >= 0.6 is 11.3 Å². The molecule has 0 saturated carbocycles. The highest BCUT2D eigenvalue weighted by Gasteiger charge is 2.37. The zero-order valence-corrected chi connectivity index (χ0v) is 26.4. The number of hydrogen-bond donors (Lipinski definition) is 3. The third-order valence-electron chi connectivity index (χ3n) is 9.26. The number of piperidine rings is 1. The number of rotatable bonds is 9. The quantitative estimate of drug-likeness (QED) is 0.302. The highest BCUT2D eigenvalue weighted by atomic mass is 32.1. The Morgan fingerprint density at radius 1 is 1.09 bits per heavy atom. The molecule has 1 aromatic heterocycles. The van der Waals surface area contributed by atoms with Gasteiger partial charge in [0.1, 0.15) is 5.01 Å². The fourth-order valence-electron chi connectivity index (χ4n) is 6.76. The molecule has 2 aromatic carbocycles. The van der Waals surface area contributed by atoms with Gasteiger partial charge in [0.25, 0.3) is 17.7 Å². The molecule has 3 aliphatic heterocycles. The number of anilines is 1. The Balaban J connectivity index is 1.30. The summed E-state index contributed by atoms with van der Waals surface area (Å²) in [6.07, 6.45) is 2.45. The van der Waals surface area contributed by atoms with Gasteiger partial charge in [-0.2, -0.15) is 0 Å². The van der Waals surface area contributed by atoms with E-state index in [2.05, 4.69) is 15.6 Å². The van der Waals surface area contributed by atoms with E-state index in [1.165, 1.54) is 0 Å². The lowest BCUT2D eigenvalue weighted by Crippen LogP contribution is -2.52. The first-order valence-corrected chi connectivity index (χ1v) is 16.8. The molecule has 4 atom stereocenters. The van der Waals surface area contributed by atoms with Gasteiger partial charge >= 0.3 is 0 Å². The van der Waals surface area contributed by atoms with E-state index < -0.39 is 24.0 Å². The third-order valence-corrected chi connectivity index (χ3v) is 10.3. The first-order valence-electron chi connectivity index (χ1n) is 15.9. The molecule has 3 aliphatic rings. The number of aliphatic hydroxyl groups excluding tert-OH is 1. The summed E-state index contributed by atoms with van der Waals surface area (Å²) >= 11 is 1.54. The number of carbonyl (C=O) groups is 2. The molecule has 6 rings (SSSR count). The van der Waals surface area contributed by atoms with Gasteiger partial charge in [0.2, 0.25) is 0 Å². The molecular weight excluding hydrogens is 596 g/mol. The molecule has 11 heteroatoms. The number of alkyl halides is 2. The van der Waals surface area contributed by atoms with Gasteiger partial charge in [-0.05, 0) is 69.3 Å². The molecule has 4 heterocycles. The Bertz CT molecular complexity index is 1490. The van der Waals surface area contributed by atoms with Crippen molar-refractivity contribution in [2.45, 2.75) is 82.0 Å². The Morgan fingerprint density at radius 2 is 1.84 bits per heavy atom. The van der Waals surface area contributed by atoms with Gasteiger partial charge < -0.3 is 25.5 Å². The lowest BCUT2D eigenvalue weighted by Gasteiger charge is -2.34. The summed E-state index contributed by atoms with van der Waals surface area (Å²) in [6, 6.07) is 13.9. The van der Waals surface area contributed by atoms with Crippen LogP contribution in [0, 0.1) is 6.92 Å². The maximum atomic E-state index is 14.1. The lowest BCUT2D eigenvalue weighted by molar-refractivity contribution is -0.0220. The summed E-state index contributed by atoms with van der Waals surface area (Å²) in [5.74, 6) is -3.35. The molecule has 0 spiro atoms. The number of aryl methyl sites for hydroxylation is 1. The van der Waals surface area contributed by atoms with Crippen LogP contribution in [0.2, 0.25) is 0 Å². The summed E-state index contributed by atoms with van der Waals surface area (Å²) < 4.78 is 28.1. The molecular formula is C34H41F2N5O3S. The second-order valence-corrected chi connectivity index (χ2v) is 13.4. The zero-order valence-electron chi connectivity index (χ0n) is 25.6. The van der Waals surface area contributed by atoms with Crippen LogP contribution < -0.4 is 15.5 Å². The van der Waals surface area contributed by atoms with Crippen molar-refractivity contribution in [3.05, 3.63) is 81.3 Å². The second-order valence-electron chi connectivity index (χ2n) is 12.6. The Hall–Kier alpha value is -3.41. The molecule has 0 bridgehead atoms. The maximum Gasteiger partial charge on any atom is 0.254 e. The smallest absolute Gasteiger partial charge is 0.254 e. The topological polar surface area (TPSA) is 97.8 Å². The van der Waals surface area contributed by atoms with Crippen LogP contribution in [-0.4, -0.2) is 77.1 Å². The molecule has 8 nitrogen and oxygen atoms in total. The van der Waals surface area contributed by atoms with Gasteiger partial charge in [0.15, 0.2) is 0 Å². The summed E-state index contributed by atoms with van der Waals surface area (Å²) in [6.45, 7) is 3.57. The summed E-state index contributed by atoms with van der Waals surface area (Å²) in [5, 5.41) is 20.7. The van der Waals surface area contributed by atoms with Crippen LogP contribution in [0.15, 0.2) is 53.9 Å². The van der Waals surface area contributed by atoms with E-state index in [0.717, 1.165) is 48.5 Å². The minimum absolute atomic E-state index is 0.124. The normalized spacial score (nSPS) is 22.8. The number of likely N-dealkylation sites (tertiary alicyclic amines) is 1. The Kier molecular flexibility index (Phi) is 9.49. The number of aliphatic hydroxyl groups is 1. The van der Waals surface area contributed by atoms with Crippen molar-refractivity contribution in [3.8, 4) is 0 Å². The average Bonchev–Trinajstić information content (AvgIpc) is 3.83. The maximum absolute atomic E-state index is 14.1. The van der Waals surface area contributed by atoms with Crippen molar-refractivity contribution in [1.29, 1.82) is 0 Å². The van der Waals surface area contributed by atoms with Gasteiger partial charge in [0.05, 0.1) is 18.2 Å². The van der Waals surface area contributed by atoms with Crippen molar-refractivity contribution < 1.29 is 23.5 Å². The number of halogens is 2. The lowest BCUT2D eigenvalue weighted by atomic mass is 9.95. The van der Waals surface area contributed by atoms with Crippen molar-refractivity contribution in [2.24, 2.45) is 0 Å². The van der Waals surface area contributed by atoms with Crippen LogP contribution in [0.1, 0.15) is 81.5 Å². The number of amides is 2. The monoisotopic (exact) mass is 637 g/mol. The summed E-state index contributed by atoms with van der Waals surface area (Å²) in [7, 11) is 0. The predicted molar refractivity (Wildman–Crippen MR) is 171 cm³/mol. The number of nitrogens with zero attached hydrogens (tertiary/aromatic N) is 3. The highest BCUT2D eigenvalue weighted by molar-refractivity contribution is 7.09. The fraction of sp³-hybridized carbons (Fsp3) is 0.500. The van der Waals surface area contributed by atoms with Crippen LogP contribution in [0.4, 0.5) is 14.5 Å². The van der Waals surface area contributed by atoms with E-state index in [1.54, 1.807) is 29.5 Å². The van der Waals surface area contributed by atoms with Gasteiger partial charge in [-0.1, -0.05) is 30.3 Å². The summed E-state index contributed by atoms with van der Waals surface area (Å²) in [4.78, 5) is 36.3. The Labute approximate surface area is 266 Å². The number of benzene rings is 2. The van der Waals surface area contributed by atoms with E-state index in [1.807, 2.05) is 52.4 Å². The number of aromatic nitrogens is 1. The molecule has 3 saturated heterocycles. The van der Waals surface area contributed by atoms with Crippen molar-refractivity contribution in [3.63, 3.8) is 0 Å². The van der Waals surface area contributed by atoms with E-state index in [4.69, 9.17) is 0 Å². The van der Waals surface area contributed by atoms with Crippen LogP contribution in [0.3, 0.4) is 0 Å². The first-order chi connectivity index (χ1) is 21.7. The zero-order chi connectivity index (χ0) is 31.6. The minimum Gasteiger partial charge on any atom is -0.389 e. The van der Waals surface area contributed by atoms with Crippen LogP contribution in [0.25, 0.3) is 0 Å². The summed E-state index contributed by atoms with van der Waals surface area (Å²) in [5.41, 5.74) is 3.07. The molecule has 0 unspecified atom stereocenters. The standard InChI is InChI=1S/C34H41F2N5O3S/c1-22-21-45-32(38-22)29-10-6-14-41(29)33(44)25-18-24(19-26(20-25)40-15-11-34(35,36)12-16-40)31(43)39-28(17-23-7-3-2-4-8-23)30(42)27-9-5-13-37-27/h2-4,7-8,18-21,27-30,37,42H,5-6,9-17H2,1H3,(H,39,43)/t27-,28+,29+,30+/m0/s1.